The highest BCUT2D eigenvalue weighted by Crippen LogP contribution is 2.18. The van der Waals surface area contributed by atoms with Crippen LogP contribution < -0.4 is 21.7 Å². The van der Waals surface area contributed by atoms with E-state index in [0.717, 1.165) is 14.7 Å². The molecule has 0 spiro atoms. The van der Waals surface area contributed by atoms with E-state index in [9.17, 15) is 19.2 Å². The molecule has 33 heavy (non-hydrogen) atoms. The van der Waals surface area contributed by atoms with Crippen LogP contribution in [0, 0.1) is 0 Å². The van der Waals surface area contributed by atoms with Crippen LogP contribution in [0.15, 0.2) is 64.2 Å². The zero-order valence-corrected chi connectivity index (χ0v) is 18.7. The van der Waals surface area contributed by atoms with Crippen molar-refractivity contribution in [3.05, 3.63) is 91.6 Å². The van der Waals surface area contributed by atoms with Crippen LogP contribution in [0.3, 0.4) is 0 Å². The normalized spacial score (nSPS) is 11.6. The minimum Gasteiger partial charge on any atom is -0.479 e. The number of nitrogens with zero attached hydrogens (tertiary/aromatic N) is 2. The number of nitrogen functional groups attached to an aromatic ring is 1. The van der Waals surface area contributed by atoms with Crippen LogP contribution in [0.4, 0.5) is 5.82 Å². The van der Waals surface area contributed by atoms with E-state index in [0.29, 0.717) is 10.8 Å². The third-order valence-corrected chi connectivity index (χ3v) is 5.07. The molecule has 3 rings (SSSR count). The largest absolute Gasteiger partial charge is 0.479 e. The lowest BCUT2D eigenvalue weighted by Gasteiger charge is -2.16. The first-order chi connectivity index (χ1) is 15.7. The fraction of sp³-hybridized carbons (Fsp3) is 0.217. The van der Waals surface area contributed by atoms with Gasteiger partial charge in [-0.3, -0.25) is 18.7 Å². The average Bonchev–Trinajstić information content (AvgIpc) is 2.79. The van der Waals surface area contributed by atoms with Crippen molar-refractivity contribution in [1.29, 1.82) is 0 Å². The van der Waals surface area contributed by atoms with Gasteiger partial charge in [-0.25, -0.2) is 9.59 Å². The number of carbonyl (C=O) groups excluding carboxylic acids is 2. The Hall–Kier alpha value is -3.85. The predicted octanol–water partition coefficient (Wildman–Crippen LogP) is 2.02. The van der Waals surface area contributed by atoms with Crippen molar-refractivity contribution in [2.45, 2.75) is 19.6 Å². The van der Waals surface area contributed by atoms with Gasteiger partial charge in [-0.05, 0) is 30.7 Å². The third-order valence-electron chi connectivity index (χ3n) is 4.83. The zero-order chi connectivity index (χ0) is 24.1. The van der Waals surface area contributed by atoms with Gasteiger partial charge in [-0.2, -0.15) is 0 Å². The molecule has 0 saturated heterocycles. The molecule has 1 unspecified atom stereocenters. The lowest BCUT2D eigenvalue weighted by atomic mass is 10.2. The second kappa shape index (κ2) is 10.2. The summed E-state index contributed by atoms with van der Waals surface area (Å²) in [4.78, 5) is 50.2. The number of esters is 1. The molecule has 0 radical (unpaired) electrons. The Bertz CT molecular complexity index is 1300. The van der Waals surface area contributed by atoms with Gasteiger partial charge in [0.2, 0.25) is 5.78 Å². The second-order valence-electron chi connectivity index (χ2n) is 7.23. The molecule has 1 heterocycles. The summed E-state index contributed by atoms with van der Waals surface area (Å²) in [5.74, 6) is -1.60. The SMILES string of the molecule is CC(Oc1cccc(Cl)c1)C(=O)OCC(=O)c1c(N)n(Cc2ccccc2)c(=O)n(C)c1=O. The summed E-state index contributed by atoms with van der Waals surface area (Å²) in [6.45, 7) is 0.760. The summed E-state index contributed by atoms with van der Waals surface area (Å²) in [6.07, 6.45) is -1.04. The molecule has 0 saturated carbocycles. The first kappa shape index (κ1) is 23.8. The molecule has 0 fully saturated rings. The number of hydrogen-bond donors (Lipinski definition) is 1. The van der Waals surface area contributed by atoms with Gasteiger partial charge in [-0.1, -0.05) is 48.0 Å². The summed E-state index contributed by atoms with van der Waals surface area (Å²) in [7, 11) is 1.25. The van der Waals surface area contributed by atoms with Crippen molar-refractivity contribution >= 4 is 29.2 Å². The van der Waals surface area contributed by atoms with E-state index in [1.54, 1.807) is 42.5 Å². The highest BCUT2D eigenvalue weighted by molar-refractivity contribution is 6.30. The molecule has 1 atom stereocenters. The van der Waals surface area contributed by atoms with E-state index >= 15 is 0 Å². The standard InChI is InChI=1S/C23H22ClN3O6/c1-14(33-17-10-6-9-16(24)11-17)22(30)32-13-18(28)19-20(25)27(23(31)26(2)21(19)29)12-15-7-4-3-5-8-15/h3-11,14H,12-13,25H2,1-2H3. The predicted molar refractivity (Wildman–Crippen MR) is 123 cm³/mol. The highest BCUT2D eigenvalue weighted by atomic mass is 35.5. The number of benzene rings is 2. The fourth-order valence-electron chi connectivity index (χ4n) is 3.08. The summed E-state index contributed by atoms with van der Waals surface area (Å²) in [5, 5.41) is 0.431. The number of aromatic nitrogens is 2. The maximum Gasteiger partial charge on any atom is 0.347 e. The topological polar surface area (TPSA) is 123 Å². The molecule has 0 aliphatic carbocycles. The average molecular weight is 472 g/mol. The molecular weight excluding hydrogens is 450 g/mol. The Balaban J connectivity index is 1.77. The van der Waals surface area contributed by atoms with Gasteiger partial charge in [0.1, 0.15) is 17.1 Å². The zero-order valence-electron chi connectivity index (χ0n) is 18.0. The molecule has 172 valence electrons. The molecule has 3 aromatic rings. The van der Waals surface area contributed by atoms with Crippen LogP contribution >= 0.6 is 11.6 Å². The fourth-order valence-corrected chi connectivity index (χ4v) is 3.26. The monoisotopic (exact) mass is 471 g/mol. The highest BCUT2D eigenvalue weighted by Gasteiger charge is 2.24. The minimum absolute atomic E-state index is 0.0597. The Morgan fingerprint density at radius 3 is 2.45 bits per heavy atom. The van der Waals surface area contributed by atoms with Gasteiger partial charge >= 0.3 is 11.7 Å². The van der Waals surface area contributed by atoms with E-state index < -0.39 is 41.3 Å². The van der Waals surface area contributed by atoms with Crippen molar-refractivity contribution in [1.82, 2.24) is 9.13 Å². The van der Waals surface area contributed by atoms with Gasteiger partial charge in [0.15, 0.2) is 12.7 Å². The summed E-state index contributed by atoms with van der Waals surface area (Å²) >= 11 is 5.89. The number of nitrogens with two attached hydrogens (primary N) is 1. The number of ether oxygens (including phenoxy) is 2. The van der Waals surface area contributed by atoms with Crippen LogP contribution in [-0.4, -0.2) is 33.6 Å². The van der Waals surface area contributed by atoms with E-state index in [-0.39, 0.29) is 12.4 Å². The number of hydrogen-bond acceptors (Lipinski definition) is 7. The van der Waals surface area contributed by atoms with Crippen molar-refractivity contribution in [2.75, 3.05) is 12.3 Å². The molecule has 9 nitrogen and oxygen atoms in total. The van der Waals surface area contributed by atoms with Gasteiger partial charge < -0.3 is 15.2 Å². The van der Waals surface area contributed by atoms with Crippen LogP contribution in [0.25, 0.3) is 0 Å². The van der Waals surface area contributed by atoms with Gasteiger partial charge in [0.25, 0.3) is 5.56 Å². The number of anilines is 1. The minimum atomic E-state index is -1.04. The molecule has 0 amide bonds. The quantitative estimate of drug-likeness (QED) is 0.394. The van der Waals surface area contributed by atoms with Crippen LogP contribution in [0.5, 0.6) is 5.75 Å². The maximum atomic E-state index is 12.7. The molecule has 1 aromatic heterocycles. The Labute approximate surface area is 193 Å². The van der Waals surface area contributed by atoms with E-state index in [1.165, 1.54) is 20.0 Å². The van der Waals surface area contributed by atoms with Crippen molar-refractivity contribution in [2.24, 2.45) is 7.05 Å². The molecular formula is C23H22ClN3O6. The van der Waals surface area contributed by atoms with Gasteiger partial charge in [0, 0.05) is 12.1 Å². The van der Waals surface area contributed by atoms with Crippen molar-refractivity contribution in [3.8, 4) is 5.75 Å². The second-order valence-corrected chi connectivity index (χ2v) is 7.66. The molecule has 2 aromatic carbocycles. The number of ketones is 1. The van der Waals surface area contributed by atoms with E-state index in [1.807, 2.05) is 6.07 Å². The molecule has 10 heteroatoms. The maximum absolute atomic E-state index is 12.7. The van der Waals surface area contributed by atoms with E-state index in [4.69, 9.17) is 26.8 Å². The summed E-state index contributed by atoms with van der Waals surface area (Å²) in [5.41, 5.74) is 4.82. The number of rotatable bonds is 8. The Morgan fingerprint density at radius 2 is 1.79 bits per heavy atom. The van der Waals surface area contributed by atoms with Gasteiger partial charge in [0.05, 0.1) is 6.54 Å². The van der Waals surface area contributed by atoms with Crippen LogP contribution in [0.2, 0.25) is 5.02 Å². The van der Waals surface area contributed by atoms with Crippen molar-refractivity contribution < 1.29 is 19.1 Å². The molecule has 2 N–H and O–H groups in total. The van der Waals surface area contributed by atoms with E-state index in [2.05, 4.69) is 0 Å². The lowest BCUT2D eigenvalue weighted by molar-refractivity contribution is -0.149. The molecule has 0 aliphatic heterocycles. The number of Topliss-reactive ketones (excluding diaryl/α,β-unsaturated/α-hetero) is 1. The first-order valence-corrected chi connectivity index (χ1v) is 10.3. The molecule has 0 aliphatic rings. The van der Waals surface area contributed by atoms with Crippen LogP contribution in [0.1, 0.15) is 22.8 Å². The van der Waals surface area contributed by atoms with Crippen LogP contribution in [-0.2, 0) is 23.1 Å². The third kappa shape index (κ3) is 5.50. The molecule has 0 bridgehead atoms. The number of carbonyl (C=O) groups is 2. The van der Waals surface area contributed by atoms with Gasteiger partial charge in [-0.15, -0.1) is 0 Å². The Morgan fingerprint density at radius 1 is 1.09 bits per heavy atom. The first-order valence-electron chi connectivity index (χ1n) is 9.94. The summed E-state index contributed by atoms with van der Waals surface area (Å²) in [6, 6.07) is 15.4. The number of halogens is 1. The smallest absolute Gasteiger partial charge is 0.347 e. The van der Waals surface area contributed by atoms with Crippen molar-refractivity contribution in [3.63, 3.8) is 0 Å². The lowest BCUT2D eigenvalue weighted by Crippen LogP contribution is -2.43. The summed E-state index contributed by atoms with van der Waals surface area (Å²) < 4.78 is 12.4. The Kier molecular flexibility index (Phi) is 7.34.